The van der Waals surface area contributed by atoms with Crippen LogP contribution in [0.4, 0.5) is 0 Å². The van der Waals surface area contributed by atoms with Crippen LogP contribution < -0.4 is 54.0 Å². The summed E-state index contributed by atoms with van der Waals surface area (Å²) in [6.45, 7) is 4.29. The summed E-state index contributed by atoms with van der Waals surface area (Å²) in [6, 6.07) is -11.7. The van der Waals surface area contributed by atoms with E-state index in [1.54, 1.807) is 27.7 Å². The van der Waals surface area contributed by atoms with Crippen molar-refractivity contribution >= 4 is 71.1 Å². The molecule has 0 radical (unpaired) electrons. The van der Waals surface area contributed by atoms with E-state index < -0.39 is 153 Å². The second-order valence-electron chi connectivity index (χ2n) is 16.9. The molecule has 0 spiro atoms. The van der Waals surface area contributed by atoms with E-state index in [1.807, 2.05) is 0 Å². The zero-order valence-electron chi connectivity index (χ0n) is 38.5. The number of nitrogens with two attached hydrogens (primary N) is 2. The van der Waals surface area contributed by atoms with Gasteiger partial charge in [0.15, 0.2) is 5.96 Å². The lowest BCUT2D eigenvalue weighted by molar-refractivity contribution is -0.143. The van der Waals surface area contributed by atoms with E-state index in [4.69, 9.17) is 27.1 Å². The van der Waals surface area contributed by atoms with Gasteiger partial charge in [0.05, 0.1) is 32.2 Å². The van der Waals surface area contributed by atoms with Crippen molar-refractivity contribution in [3.05, 3.63) is 0 Å². The maximum atomic E-state index is 14.2. The maximum absolute atomic E-state index is 14.2. The molecule has 1 aliphatic heterocycles. The Kier molecular flexibility index (Phi) is 26.1. The first kappa shape index (κ1) is 59.3. The molecule has 28 nitrogen and oxygen atoms in total. The van der Waals surface area contributed by atoms with Crippen LogP contribution in [0, 0.1) is 17.2 Å². The van der Waals surface area contributed by atoms with E-state index in [-0.39, 0.29) is 63.0 Å². The summed E-state index contributed by atoms with van der Waals surface area (Å²) in [5.41, 5.74) is 11.0. The molecule has 0 aromatic carbocycles. The number of amides is 8. The molecule has 0 aliphatic carbocycles. The highest BCUT2D eigenvalue weighted by Crippen LogP contribution is 2.21. The normalized spacial score (nSPS) is 16.4. The number of hydrogen-bond acceptors (Lipinski definition) is 15. The van der Waals surface area contributed by atoms with Crippen LogP contribution in [0.15, 0.2) is 0 Å². The first-order valence-electron chi connectivity index (χ1n) is 21.9. The molecule has 0 saturated carbocycles. The van der Waals surface area contributed by atoms with E-state index in [1.165, 1.54) is 4.90 Å². The third-order valence-corrected chi connectivity index (χ3v) is 10.2. The number of aliphatic hydroxyl groups is 2. The molecule has 8 amide bonds. The van der Waals surface area contributed by atoms with E-state index in [9.17, 15) is 68.1 Å². The van der Waals surface area contributed by atoms with E-state index >= 15 is 0 Å². The molecule has 384 valence electrons. The SMILES string of the molecule is CC(C)CC(NC(=O)C(N)CC(=O)O)C(=O)NC(CO)C(=O)NC(CCCNC(=N)N)C(=O)NC(CC(C)C)C(=O)N1CCCC1C(=O)NC(CO)C(=O)NCC(=O)NC(CCC(=O)O)C(=O)O. The van der Waals surface area contributed by atoms with Gasteiger partial charge in [0.2, 0.25) is 47.3 Å². The van der Waals surface area contributed by atoms with Gasteiger partial charge in [-0.05, 0) is 56.8 Å². The van der Waals surface area contributed by atoms with Gasteiger partial charge in [0, 0.05) is 19.5 Å². The van der Waals surface area contributed by atoms with Gasteiger partial charge in [0.1, 0.15) is 42.3 Å². The summed E-state index contributed by atoms with van der Waals surface area (Å²) < 4.78 is 0. The average molecular weight is 973 g/mol. The van der Waals surface area contributed by atoms with Crippen LogP contribution in [0.3, 0.4) is 0 Å². The third kappa shape index (κ3) is 21.7. The maximum Gasteiger partial charge on any atom is 0.326 e. The Hall–Kier alpha value is -6.68. The number of nitrogens with one attached hydrogen (secondary N) is 9. The fourth-order valence-electron chi connectivity index (χ4n) is 6.79. The number of carboxylic acid groups (broad SMARTS) is 3. The molecule has 1 fully saturated rings. The van der Waals surface area contributed by atoms with E-state index in [0.717, 1.165) is 0 Å². The van der Waals surface area contributed by atoms with Crippen LogP contribution in [-0.2, 0) is 52.7 Å². The molecule has 0 aromatic heterocycles. The second-order valence-corrected chi connectivity index (χ2v) is 16.9. The highest BCUT2D eigenvalue weighted by atomic mass is 16.4. The van der Waals surface area contributed by atoms with Crippen LogP contribution in [0.25, 0.3) is 0 Å². The third-order valence-electron chi connectivity index (χ3n) is 10.2. The Morgan fingerprint density at radius 3 is 1.72 bits per heavy atom. The quantitative estimate of drug-likeness (QED) is 0.0175. The Morgan fingerprint density at radius 2 is 1.18 bits per heavy atom. The molecule has 68 heavy (non-hydrogen) atoms. The summed E-state index contributed by atoms with van der Waals surface area (Å²) in [6.07, 6.45) is -1.30. The van der Waals surface area contributed by atoms with Gasteiger partial charge in [0.25, 0.3) is 0 Å². The lowest BCUT2D eigenvalue weighted by Crippen LogP contribution is -2.60. The van der Waals surface area contributed by atoms with E-state index in [2.05, 4.69) is 42.5 Å². The van der Waals surface area contributed by atoms with Crippen molar-refractivity contribution in [1.82, 2.24) is 47.4 Å². The first-order chi connectivity index (χ1) is 31.8. The van der Waals surface area contributed by atoms with Crippen LogP contribution in [0.5, 0.6) is 0 Å². The molecule has 0 bridgehead atoms. The minimum Gasteiger partial charge on any atom is -0.481 e. The number of carboxylic acids is 3. The van der Waals surface area contributed by atoms with Gasteiger partial charge in [-0.15, -0.1) is 0 Å². The van der Waals surface area contributed by atoms with Crippen LogP contribution >= 0.6 is 0 Å². The molecule has 1 rings (SSSR count). The standard InChI is InChI=1S/C40H68N12O16/c1-19(2)13-24(48-32(60)21(41)15-31(58)59)35(63)50-27(18-54)36(64)47-22(7-5-11-44-40(42)43)34(62)49-25(14-20(3)4)38(66)52-12-6-8-28(52)37(65)51-26(17-53)33(61)45-16-29(55)46-23(39(67)68)9-10-30(56)57/h19-28,53-54H,5-18,41H2,1-4H3,(H,45,61)(H,46,55)(H,47,64)(H,48,60)(H,49,62)(H,50,63)(H,51,65)(H,56,57)(H,58,59)(H,67,68)(H4,42,43,44). The van der Waals surface area contributed by atoms with E-state index in [0.29, 0.717) is 6.42 Å². The zero-order chi connectivity index (χ0) is 51.8. The fraction of sp³-hybridized carbons (Fsp3) is 0.700. The van der Waals surface area contributed by atoms with Gasteiger partial charge in [-0.2, -0.15) is 0 Å². The van der Waals surface area contributed by atoms with Crippen molar-refractivity contribution in [2.24, 2.45) is 23.3 Å². The zero-order valence-corrected chi connectivity index (χ0v) is 38.5. The Balaban J connectivity index is 3.24. The largest absolute Gasteiger partial charge is 0.481 e. The average Bonchev–Trinajstić information content (AvgIpc) is 3.74. The molecule has 8 unspecified atom stereocenters. The van der Waals surface area contributed by atoms with Gasteiger partial charge < -0.3 is 84.4 Å². The number of carbonyl (C=O) groups is 11. The van der Waals surface area contributed by atoms with Crippen molar-refractivity contribution in [3.8, 4) is 0 Å². The first-order valence-corrected chi connectivity index (χ1v) is 21.9. The molecule has 8 atom stereocenters. The predicted octanol–water partition coefficient (Wildman–Crippen LogP) is -5.91. The number of guanidine groups is 1. The van der Waals surface area contributed by atoms with Gasteiger partial charge >= 0.3 is 17.9 Å². The van der Waals surface area contributed by atoms with Gasteiger partial charge in [-0.25, -0.2) is 4.79 Å². The van der Waals surface area contributed by atoms with Crippen LogP contribution in [0.2, 0.25) is 0 Å². The minimum atomic E-state index is -1.69. The predicted molar refractivity (Wildman–Crippen MR) is 236 cm³/mol. The van der Waals surface area contributed by atoms with Gasteiger partial charge in [-0.3, -0.25) is 53.4 Å². The molecular weight excluding hydrogens is 905 g/mol. The summed E-state index contributed by atoms with van der Waals surface area (Å²) in [5, 5.41) is 73.5. The molecule has 1 saturated heterocycles. The lowest BCUT2D eigenvalue weighted by atomic mass is 10.0. The topological polar surface area (TPSA) is 464 Å². The highest BCUT2D eigenvalue weighted by Gasteiger charge is 2.40. The fourth-order valence-corrected chi connectivity index (χ4v) is 6.79. The van der Waals surface area contributed by atoms with Crippen molar-refractivity contribution in [2.45, 2.75) is 134 Å². The molecule has 28 heteroatoms. The Labute approximate surface area is 391 Å². The summed E-state index contributed by atoms with van der Waals surface area (Å²) >= 11 is 0. The Morgan fingerprint density at radius 1 is 0.647 bits per heavy atom. The Bertz CT molecular complexity index is 1820. The lowest BCUT2D eigenvalue weighted by Gasteiger charge is -2.31. The number of rotatable bonds is 31. The molecular formula is C40H68N12O16. The van der Waals surface area contributed by atoms with Crippen molar-refractivity contribution < 1.29 is 78.3 Å². The number of likely N-dealkylation sites (tertiary alicyclic amines) is 1. The molecule has 18 N–H and O–H groups in total. The van der Waals surface area contributed by atoms with Crippen LogP contribution in [-0.4, -0.2) is 183 Å². The van der Waals surface area contributed by atoms with Crippen molar-refractivity contribution in [2.75, 3.05) is 32.8 Å². The highest BCUT2D eigenvalue weighted by molar-refractivity contribution is 5.98. The minimum absolute atomic E-state index is 0.0192. The number of aliphatic carboxylic acids is 3. The second kappa shape index (κ2) is 29.9. The number of aliphatic hydroxyl groups excluding tert-OH is 2. The molecule has 1 heterocycles. The monoisotopic (exact) mass is 972 g/mol. The van der Waals surface area contributed by atoms with Gasteiger partial charge in [-0.1, -0.05) is 27.7 Å². The van der Waals surface area contributed by atoms with Crippen molar-refractivity contribution in [3.63, 3.8) is 0 Å². The van der Waals surface area contributed by atoms with Crippen molar-refractivity contribution in [1.29, 1.82) is 5.41 Å². The summed E-state index contributed by atoms with van der Waals surface area (Å²) in [5.74, 6) is -12.5. The number of carbonyl (C=O) groups excluding carboxylic acids is 8. The smallest absolute Gasteiger partial charge is 0.326 e. The summed E-state index contributed by atoms with van der Waals surface area (Å²) in [4.78, 5) is 141. The number of nitrogens with zero attached hydrogens (tertiary/aromatic N) is 1. The molecule has 1 aliphatic rings. The number of hydrogen-bond donors (Lipinski definition) is 16. The molecule has 0 aromatic rings. The summed E-state index contributed by atoms with van der Waals surface area (Å²) in [7, 11) is 0. The van der Waals surface area contributed by atoms with Crippen LogP contribution in [0.1, 0.15) is 85.5 Å².